The molecule has 0 unspecified atom stereocenters. The Hall–Kier alpha value is -2.85. The number of carbonyl (C=O) groups is 1. The first-order valence-electron chi connectivity index (χ1n) is 10.8. The van der Waals surface area contributed by atoms with Crippen LogP contribution in [0.4, 0.5) is 18.9 Å². The Labute approximate surface area is 213 Å². The summed E-state index contributed by atoms with van der Waals surface area (Å²) in [5.74, 6) is -1.71. The maximum absolute atomic E-state index is 13.5. The molecule has 1 heterocycles. The van der Waals surface area contributed by atoms with Crippen molar-refractivity contribution < 1.29 is 49.4 Å². The Morgan fingerprint density at radius 3 is 2.16 bits per heavy atom. The molecule has 0 saturated carbocycles. The standard InChI is InChI=1S/C21H29F3N2O9SSi/c1-20(2,3)37(6,7)34-12-13-8-14(35-36(30,31)21(22,23)24)11-25(13)19(27)15-9-17(32-4)18(33-5)10-16(15)26(28)29/h9-11,13H,8,12H2,1-7H3/t13-/m0/s1. The molecule has 0 radical (unpaired) electrons. The zero-order valence-electron chi connectivity index (χ0n) is 21.3. The smallest absolute Gasteiger partial charge is 0.493 e. The molecule has 1 aromatic rings. The van der Waals surface area contributed by atoms with E-state index < -0.39 is 64.2 Å². The van der Waals surface area contributed by atoms with Gasteiger partial charge < -0.3 is 23.0 Å². The van der Waals surface area contributed by atoms with Crippen LogP contribution in [0.3, 0.4) is 0 Å². The first-order chi connectivity index (χ1) is 16.8. The number of nitro groups is 1. The normalized spacial score (nSPS) is 16.9. The van der Waals surface area contributed by atoms with Crippen molar-refractivity contribution in [3.63, 3.8) is 0 Å². The number of nitrogens with zero attached hydrogens (tertiary/aromatic N) is 2. The van der Waals surface area contributed by atoms with Crippen LogP contribution in [0.25, 0.3) is 0 Å². The van der Waals surface area contributed by atoms with E-state index in [1.807, 2.05) is 33.9 Å². The Morgan fingerprint density at radius 1 is 1.16 bits per heavy atom. The SMILES string of the molecule is COc1cc(C(=O)N2C=C(OS(=O)(=O)C(F)(F)F)C[C@H]2CO[Si](C)(C)C(C)(C)C)c([N+](=O)[O-])cc1OC. The fourth-order valence-corrected chi connectivity index (χ4v) is 4.63. The van der Waals surface area contributed by atoms with Crippen molar-refractivity contribution in [1.82, 2.24) is 4.90 Å². The van der Waals surface area contributed by atoms with Gasteiger partial charge in [0.2, 0.25) is 0 Å². The van der Waals surface area contributed by atoms with Gasteiger partial charge in [-0.1, -0.05) is 20.8 Å². The summed E-state index contributed by atoms with van der Waals surface area (Å²) >= 11 is 0. The summed E-state index contributed by atoms with van der Waals surface area (Å²) in [7, 11) is -5.94. The van der Waals surface area contributed by atoms with Gasteiger partial charge in [0.15, 0.2) is 19.8 Å². The number of halogens is 3. The molecule has 1 amide bonds. The van der Waals surface area contributed by atoms with Gasteiger partial charge in [-0.25, -0.2) is 0 Å². The van der Waals surface area contributed by atoms with Crippen molar-refractivity contribution in [2.24, 2.45) is 0 Å². The van der Waals surface area contributed by atoms with E-state index in [0.29, 0.717) is 0 Å². The summed E-state index contributed by atoms with van der Waals surface area (Å²) < 4.78 is 82.4. The van der Waals surface area contributed by atoms with E-state index in [1.54, 1.807) is 0 Å². The number of hydrogen-bond donors (Lipinski definition) is 0. The second-order valence-corrected chi connectivity index (χ2v) is 16.0. The Bertz CT molecular complexity index is 1190. The van der Waals surface area contributed by atoms with Crippen LogP contribution in [0.5, 0.6) is 11.5 Å². The van der Waals surface area contributed by atoms with Crippen LogP contribution >= 0.6 is 0 Å². The molecule has 1 aliphatic heterocycles. The average molecular weight is 571 g/mol. The number of amides is 1. The summed E-state index contributed by atoms with van der Waals surface area (Å²) in [5.41, 5.74) is -6.81. The van der Waals surface area contributed by atoms with Crippen molar-refractivity contribution in [1.29, 1.82) is 0 Å². The summed E-state index contributed by atoms with van der Waals surface area (Å²) in [4.78, 5) is 25.2. The lowest BCUT2D eigenvalue weighted by Gasteiger charge is -2.37. The largest absolute Gasteiger partial charge is 0.534 e. The molecule has 1 aromatic carbocycles. The Kier molecular flexibility index (Phi) is 8.61. The van der Waals surface area contributed by atoms with E-state index in [2.05, 4.69) is 4.18 Å². The Morgan fingerprint density at radius 2 is 1.70 bits per heavy atom. The number of benzene rings is 1. The van der Waals surface area contributed by atoms with Gasteiger partial charge in [-0.2, -0.15) is 21.6 Å². The van der Waals surface area contributed by atoms with Crippen LogP contribution in [0.1, 0.15) is 37.6 Å². The van der Waals surface area contributed by atoms with Gasteiger partial charge in [-0.15, -0.1) is 0 Å². The maximum Gasteiger partial charge on any atom is 0.534 e. The third kappa shape index (κ3) is 6.54. The quantitative estimate of drug-likeness (QED) is 0.138. The molecule has 0 fully saturated rings. The minimum Gasteiger partial charge on any atom is -0.493 e. The highest BCUT2D eigenvalue weighted by molar-refractivity contribution is 7.87. The fourth-order valence-electron chi connectivity index (χ4n) is 3.10. The molecule has 0 aliphatic carbocycles. The molecule has 0 saturated heterocycles. The van der Waals surface area contributed by atoms with Gasteiger partial charge in [-0.3, -0.25) is 14.9 Å². The first kappa shape index (κ1) is 30.4. The first-order valence-corrected chi connectivity index (χ1v) is 15.2. The van der Waals surface area contributed by atoms with Crippen LogP contribution in [0, 0.1) is 10.1 Å². The molecule has 2 rings (SSSR count). The number of rotatable bonds is 9. The highest BCUT2D eigenvalue weighted by atomic mass is 32.2. The van der Waals surface area contributed by atoms with E-state index in [0.717, 1.165) is 23.2 Å². The molecule has 0 aromatic heterocycles. The molecule has 16 heteroatoms. The van der Waals surface area contributed by atoms with Gasteiger partial charge in [0.05, 0.1) is 37.9 Å². The second-order valence-electron chi connectivity index (χ2n) is 9.70. The molecule has 208 valence electrons. The van der Waals surface area contributed by atoms with E-state index in [9.17, 15) is 36.5 Å². The van der Waals surface area contributed by atoms with Crippen molar-refractivity contribution in [3.8, 4) is 11.5 Å². The van der Waals surface area contributed by atoms with Crippen molar-refractivity contribution in [2.45, 2.75) is 56.9 Å². The van der Waals surface area contributed by atoms with Gasteiger partial charge in [-0.05, 0) is 18.1 Å². The van der Waals surface area contributed by atoms with Gasteiger partial charge in [0.25, 0.3) is 11.6 Å². The van der Waals surface area contributed by atoms with E-state index in [1.165, 1.54) is 14.2 Å². The molecule has 0 bridgehead atoms. The highest BCUT2D eigenvalue weighted by Crippen LogP contribution is 2.39. The van der Waals surface area contributed by atoms with E-state index in [-0.39, 0.29) is 23.1 Å². The average Bonchev–Trinajstić information content (AvgIpc) is 3.16. The second kappa shape index (κ2) is 10.5. The van der Waals surface area contributed by atoms with Crippen LogP contribution in [-0.4, -0.2) is 64.8 Å². The lowest BCUT2D eigenvalue weighted by molar-refractivity contribution is -0.385. The third-order valence-corrected chi connectivity index (χ3v) is 11.7. The Balaban J connectivity index is 2.55. The topological polar surface area (TPSA) is 135 Å². The lowest BCUT2D eigenvalue weighted by Crippen LogP contribution is -2.45. The molecular weight excluding hydrogens is 541 g/mol. The van der Waals surface area contributed by atoms with Crippen molar-refractivity contribution in [3.05, 3.63) is 39.8 Å². The van der Waals surface area contributed by atoms with Crippen LogP contribution in [-0.2, 0) is 18.7 Å². The minimum absolute atomic E-state index is 0.00942. The third-order valence-electron chi connectivity index (χ3n) is 6.22. The summed E-state index contributed by atoms with van der Waals surface area (Å²) in [6, 6.07) is 1.02. The summed E-state index contributed by atoms with van der Waals surface area (Å²) in [5, 5.41) is 11.4. The number of carbonyl (C=O) groups excluding carboxylic acids is 1. The number of alkyl halides is 3. The monoisotopic (exact) mass is 570 g/mol. The molecule has 1 aliphatic rings. The minimum atomic E-state index is -6.01. The molecule has 1 atom stereocenters. The van der Waals surface area contributed by atoms with Crippen LogP contribution in [0.2, 0.25) is 18.1 Å². The number of methoxy groups -OCH3 is 2. The molecule has 11 nitrogen and oxygen atoms in total. The van der Waals surface area contributed by atoms with Gasteiger partial charge >= 0.3 is 15.6 Å². The molecular formula is C21H29F3N2O9SSi. The predicted octanol–water partition coefficient (Wildman–Crippen LogP) is 4.56. The number of ether oxygens (including phenoxy) is 2. The number of nitro benzene ring substituents is 1. The molecule has 37 heavy (non-hydrogen) atoms. The van der Waals surface area contributed by atoms with Crippen LogP contribution < -0.4 is 9.47 Å². The summed E-state index contributed by atoms with van der Waals surface area (Å²) in [6.07, 6.45) is 0.350. The summed E-state index contributed by atoms with van der Waals surface area (Å²) in [6.45, 7) is 9.49. The lowest BCUT2D eigenvalue weighted by atomic mass is 10.1. The van der Waals surface area contributed by atoms with Gasteiger partial charge in [0.1, 0.15) is 11.3 Å². The zero-order chi connectivity index (χ0) is 28.6. The zero-order valence-corrected chi connectivity index (χ0v) is 23.2. The van der Waals surface area contributed by atoms with Crippen molar-refractivity contribution in [2.75, 3.05) is 20.8 Å². The fraction of sp³-hybridized carbons (Fsp3) is 0.571. The number of hydrogen-bond acceptors (Lipinski definition) is 9. The maximum atomic E-state index is 13.5. The van der Waals surface area contributed by atoms with E-state index in [4.69, 9.17) is 13.9 Å². The van der Waals surface area contributed by atoms with Crippen LogP contribution in [0.15, 0.2) is 24.1 Å². The van der Waals surface area contributed by atoms with Crippen molar-refractivity contribution >= 4 is 30.0 Å². The predicted molar refractivity (Wildman–Crippen MR) is 128 cm³/mol. The highest BCUT2D eigenvalue weighted by Gasteiger charge is 2.50. The van der Waals surface area contributed by atoms with Gasteiger partial charge in [0, 0.05) is 18.7 Å². The molecule has 0 N–H and O–H groups in total. The van der Waals surface area contributed by atoms with E-state index >= 15 is 0 Å². The molecule has 0 spiro atoms.